The highest BCUT2D eigenvalue weighted by Crippen LogP contribution is 2.35. The lowest BCUT2D eigenvalue weighted by molar-refractivity contribution is -0.361. The summed E-state index contributed by atoms with van der Waals surface area (Å²) in [7, 11) is 0. The van der Waals surface area contributed by atoms with E-state index in [1.807, 2.05) is 0 Å². The Morgan fingerprint density at radius 1 is 0.603 bits per heavy atom. The summed E-state index contributed by atoms with van der Waals surface area (Å²) in [6.45, 7) is 2.68. The maximum atomic E-state index is 13.8. The van der Waals surface area contributed by atoms with Crippen LogP contribution in [0.15, 0.2) is 36.4 Å². The fourth-order valence-corrected chi connectivity index (χ4v) is 9.05. The van der Waals surface area contributed by atoms with E-state index in [1.54, 1.807) is 12.1 Å². The second kappa shape index (κ2) is 29.0. The minimum absolute atomic E-state index is 0.0821. The summed E-state index contributed by atoms with van der Waals surface area (Å²) in [6.07, 6.45) is -18.2. The summed E-state index contributed by atoms with van der Waals surface area (Å²) in [5, 5.41) is 109. The standard InChI is InChI=1S/C46H72N4O22S/c1-5-6-7-8-9-10-11-15-64-25-14-12-13-24(16-25)42(62)50-31-35(58)34(57)26(17-51)67-44(31)70-39-27(18-52)68-45(32(37(39)60)48-22(3)55)71-40-28(19-53)69-46(33(38(40)61)49-23(4)56)72-41-29(20-65-73)66-43(63)30(36(41)59)47-21(2)54/h8-9,12-14,16,26-41,43-46,51-53,57-61,63,73H,5-7,10-11,15,17-20H2,1-4H3,(H,47,54)(H,48,55)(H,49,56)(H,50,62)/b9-8-. The van der Waals surface area contributed by atoms with Gasteiger partial charge in [-0.1, -0.05) is 38.0 Å². The fraction of sp³-hybridized carbons (Fsp3) is 0.739. The number of carbonyl (C=O) groups is 4. The lowest BCUT2D eigenvalue weighted by Crippen LogP contribution is -2.71. The quantitative estimate of drug-likeness (QED) is 0.0202. The van der Waals surface area contributed by atoms with Gasteiger partial charge in [-0.2, -0.15) is 0 Å². The van der Waals surface area contributed by atoms with E-state index >= 15 is 0 Å². The third-order valence-corrected chi connectivity index (χ3v) is 12.7. The summed E-state index contributed by atoms with van der Waals surface area (Å²) in [6, 6.07) is -0.139. The van der Waals surface area contributed by atoms with Crippen LogP contribution in [0.25, 0.3) is 0 Å². The zero-order valence-corrected chi connectivity index (χ0v) is 41.8. The van der Waals surface area contributed by atoms with Crippen LogP contribution in [0.5, 0.6) is 5.75 Å². The number of ether oxygens (including phenoxy) is 8. The van der Waals surface area contributed by atoms with E-state index in [0.717, 1.165) is 52.9 Å². The first-order chi connectivity index (χ1) is 34.9. The molecule has 0 aliphatic carbocycles. The molecule has 27 heteroatoms. The van der Waals surface area contributed by atoms with Crippen LogP contribution in [0.4, 0.5) is 0 Å². The van der Waals surface area contributed by atoms with Gasteiger partial charge in [-0.05, 0) is 50.4 Å². The number of allylic oxidation sites excluding steroid dienone is 2. The Kier molecular flexibility index (Phi) is 23.9. The molecule has 0 radical (unpaired) electrons. The van der Waals surface area contributed by atoms with Gasteiger partial charge in [-0.25, -0.2) is 0 Å². The molecule has 4 saturated heterocycles. The summed E-state index contributed by atoms with van der Waals surface area (Å²) < 4.78 is 52.6. The summed E-state index contributed by atoms with van der Waals surface area (Å²) >= 11 is 3.73. The first kappa shape index (κ1) is 60.2. The average molecular weight is 1070 g/mol. The SMILES string of the molecule is CCCC/C=C\CCCOc1cccc(C(=O)NC2C(OC3C(CO)OC(OC4C(CO)OC(OC5C(COS)OC(O)C(NC(C)=O)C5O)C(NC(C)=O)C4O)C(NC(C)=O)C3O)OC(CO)C(O)C2O)c1. The van der Waals surface area contributed by atoms with Crippen molar-refractivity contribution in [1.29, 1.82) is 0 Å². The lowest BCUT2D eigenvalue weighted by Gasteiger charge is -2.51. The highest BCUT2D eigenvalue weighted by molar-refractivity contribution is 7.75. The van der Waals surface area contributed by atoms with Gasteiger partial charge in [0.15, 0.2) is 25.2 Å². The Hall–Kier alpha value is -3.69. The maximum absolute atomic E-state index is 13.8. The molecular weight excluding hydrogens is 993 g/mol. The van der Waals surface area contributed by atoms with Crippen molar-refractivity contribution in [2.45, 2.75) is 182 Å². The van der Waals surface area contributed by atoms with Crippen molar-refractivity contribution in [3.63, 3.8) is 0 Å². The molecule has 20 unspecified atom stereocenters. The zero-order valence-electron chi connectivity index (χ0n) is 40.9. The van der Waals surface area contributed by atoms with Gasteiger partial charge in [-0.3, -0.25) is 19.2 Å². The van der Waals surface area contributed by atoms with E-state index in [1.165, 1.54) is 12.1 Å². The lowest BCUT2D eigenvalue weighted by atomic mass is 9.93. The zero-order chi connectivity index (χ0) is 53.5. The number of carbonyl (C=O) groups excluding carboxylic acids is 4. The van der Waals surface area contributed by atoms with Crippen LogP contribution in [0.2, 0.25) is 0 Å². The number of hydrogen-bond donors (Lipinski definition) is 14. The summed E-state index contributed by atoms with van der Waals surface area (Å²) in [4.78, 5) is 51.0. The molecule has 26 nitrogen and oxygen atoms in total. The molecule has 1 aromatic rings. The number of thiol groups is 1. The number of aliphatic hydroxyl groups excluding tert-OH is 9. The molecule has 0 spiro atoms. The monoisotopic (exact) mass is 1060 g/mol. The van der Waals surface area contributed by atoms with Gasteiger partial charge in [0.05, 0.1) is 33.0 Å². The minimum atomic E-state index is -1.93. The minimum Gasteiger partial charge on any atom is -0.494 e. The van der Waals surface area contributed by atoms with Crippen molar-refractivity contribution in [3.8, 4) is 5.75 Å². The van der Waals surface area contributed by atoms with Gasteiger partial charge in [0.2, 0.25) is 17.7 Å². The largest absolute Gasteiger partial charge is 0.494 e. The Balaban J connectivity index is 1.35. The molecule has 4 aliphatic heterocycles. The number of aliphatic hydroxyl groups is 9. The molecule has 20 atom stereocenters. The van der Waals surface area contributed by atoms with Crippen molar-refractivity contribution in [3.05, 3.63) is 42.0 Å². The van der Waals surface area contributed by atoms with Crippen molar-refractivity contribution in [2.75, 3.05) is 33.0 Å². The molecule has 4 amide bonds. The van der Waals surface area contributed by atoms with E-state index in [2.05, 4.69) is 53.3 Å². The maximum Gasteiger partial charge on any atom is 0.251 e. The Labute approximate surface area is 427 Å². The van der Waals surface area contributed by atoms with E-state index in [9.17, 15) is 65.1 Å². The molecule has 4 aliphatic rings. The van der Waals surface area contributed by atoms with Gasteiger partial charge in [0, 0.05) is 26.3 Å². The number of amides is 4. The number of hydrogen-bond acceptors (Lipinski definition) is 23. The van der Waals surface area contributed by atoms with Crippen LogP contribution in [0, 0.1) is 0 Å². The van der Waals surface area contributed by atoms with Crippen molar-refractivity contribution in [2.24, 2.45) is 0 Å². The third kappa shape index (κ3) is 15.9. The number of rotatable bonds is 24. The molecule has 4 fully saturated rings. The molecule has 414 valence electrons. The predicted molar refractivity (Wildman–Crippen MR) is 252 cm³/mol. The van der Waals surface area contributed by atoms with Gasteiger partial charge >= 0.3 is 0 Å². The molecule has 0 saturated carbocycles. The van der Waals surface area contributed by atoms with Crippen LogP contribution in [0.3, 0.4) is 0 Å². The first-order valence-corrected chi connectivity index (χ1v) is 24.5. The first-order valence-electron chi connectivity index (χ1n) is 24.1. The van der Waals surface area contributed by atoms with E-state index in [0.29, 0.717) is 12.4 Å². The van der Waals surface area contributed by atoms with Crippen LogP contribution < -0.4 is 26.0 Å². The Morgan fingerprint density at radius 3 is 1.56 bits per heavy atom. The molecule has 5 rings (SSSR count). The average Bonchev–Trinajstić information content (AvgIpc) is 3.35. The van der Waals surface area contributed by atoms with Crippen LogP contribution in [-0.2, 0) is 51.7 Å². The number of benzene rings is 1. The van der Waals surface area contributed by atoms with E-state index in [4.69, 9.17) is 42.1 Å². The topological polar surface area (TPSA) is 382 Å². The predicted octanol–water partition coefficient (Wildman–Crippen LogP) is -4.11. The molecule has 0 bridgehead atoms. The number of unbranched alkanes of at least 4 members (excludes halogenated alkanes) is 3. The van der Waals surface area contributed by atoms with Gasteiger partial charge < -0.3 is 109 Å². The van der Waals surface area contributed by atoms with Crippen molar-refractivity contribution in [1.82, 2.24) is 21.3 Å². The second-order valence-electron chi connectivity index (χ2n) is 18.1. The van der Waals surface area contributed by atoms with Crippen LogP contribution >= 0.6 is 12.9 Å². The molecule has 1 aromatic carbocycles. The van der Waals surface area contributed by atoms with Crippen LogP contribution in [0.1, 0.15) is 70.2 Å². The fourth-order valence-electron chi connectivity index (χ4n) is 8.91. The van der Waals surface area contributed by atoms with Gasteiger partial charge in [-0.15, -0.1) is 0 Å². The normalized spacial score (nSPS) is 36.8. The Bertz CT molecular complexity index is 1950. The van der Waals surface area contributed by atoms with Crippen molar-refractivity contribution >= 4 is 36.5 Å². The molecule has 0 aromatic heterocycles. The van der Waals surface area contributed by atoms with Crippen LogP contribution in [-0.4, -0.2) is 225 Å². The summed E-state index contributed by atoms with van der Waals surface area (Å²) in [5.41, 5.74) is 0.0821. The smallest absolute Gasteiger partial charge is 0.251 e. The van der Waals surface area contributed by atoms with E-state index in [-0.39, 0.29) is 5.56 Å². The highest BCUT2D eigenvalue weighted by atomic mass is 32.1. The molecule has 73 heavy (non-hydrogen) atoms. The molecule has 4 heterocycles. The second-order valence-corrected chi connectivity index (χ2v) is 18.4. The van der Waals surface area contributed by atoms with Gasteiger partial charge in [0.25, 0.3) is 5.91 Å². The van der Waals surface area contributed by atoms with Gasteiger partial charge in [0.1, 0.15) is 103 Å². The highest BCUT2D eigenvalue weighted by Gasteiger charge is 2.56. The molecular formula is C46H72N4O22S. The summed E-state index contributed by atoms with van der Waals surface area (Å²) in [5.74, 6) is -2.54. The number of nitrogens with one attached hydrogen (secondary N) is 4. The Morgan fingerprint density at radius 2 is 1.07 bits per heavy atom. The third-order valence-electron chi connectivity index (χ3n) is 12.6. The van der Waals surface area contributed by atoms with E-state index < -0.39 is 173 Å². The molecule has 13 N–H and O–H groups in total. The van der Waals surface area contributed by atoms with Crippen molar-refractivity contribution < 1.29 is 107 Å².